The molecule has 0 aliphatic carbocycles. The SMILES string of the molecule is Cc1[nH]nc(S(=O)(=O)Nc2cccnc2)c1CN. The Kier molecular flexibility index (Phi) is 3.30. The summed E-state index contributed by atoms with van der Waals surface area (Å²) in [6.45, 7) is 1.82. The van der Waals surface area contributed by atoms with E-state index in [0.29, 0.717) is 16.9 Å². The Morgan fingerprint density at radius 3 is 2.89 bits per heavy atom. The van der Waals surface area contributed by atoms with Crippen LogP contribution in [0.25, 0.3) is 0 Å². The van der Waals surface area contributed by atoms with E-state index in [0.717, 1.165) is 0 Å². The number of H-pyrrole nitrogens is 1. The first-order valence-electron chi connectivity index (χ1n) is 5.21. The van der Waals surface area contributed by atoms with Gasteiger partial charge in [0, 0.05) is 24.0 Å². The number of hydrogen-bond acceptors (Lipinski definition) is 5. The number of aromatic nitrogens is 3. The molecule has 2 rings (SSSR count). The topological polar surface area (TPSA) is 114 Å². The summed E-state index contributed by atoms with van der Waals surface area (Å²) in [5.41, 5.74) is 7.02. The monoisotopic (exact) mass is 267 g/mol. The summed E-state index contributed by atoms with van der Waals surface area (Å²) < 4.78 is 26.6. The third kappa shape index (κ3) is 2.34. The van der Waals surface area contributed by atoms with Gasteiger partial charge in [0.1, 0.15) is 0 Å². The van der Waals surface area contributed by atoms with E-state index in [1.54, 1.807) is 25.3 Å². The summed E-state index contributed by atoms with van der Waals surface area (Å²) in [5.74, 6) is 0. The van der Waals surface area contributed by atoms with E-state index in [1.165, 1.54) is 6.20 Å². The number of nitrogens with one attached hydrogen (secondary N) is 2. The minimum atomic E-state index is -3.75. The van der Waals surface area contributed by atoms with Gasteiger partial charge in [0.25, 0.3) is 10.0 Å². The van der Waals surface area contributed by atoms with E-state index in [4.69, 9.17) is 5.73 Å². The zero-order valence-corrected chi connectivity index (χ0v) is 10.5. The maximum absolute atomic E-state index is 12.1. The number of rotatable bonds is 4. The van der Waals surface area contributed by atoms with Gasteiger partial charge in [-0.2, -0.15) is 13.5 Å². The molecule has 0 fully saturated rings. The summed E-state index contributed by atoms with van der Waals surface area (Å²) >= 11 is 0. The van der Waals surface area contributed by atoms with E-state index >= 15 is 0 Å². The van der Waals surface area contributed by atoms with Crippen LogP contribution in [-0.2, 0) is 16.6 Å². The van der Waals surface area contributed by atoms with Gasteiger partial charge < -0.3 is 5.73 Å². The highest BCUT2D eigenvalue weighted by Crippen LogP contribution is 2.18. The van der Waals surface area contributed by atoms with Crippen LogP contribution in [0.3, 0.4) is 0 Å². The van der Waals surface area contributed by atoms with E-state index in [1.807, 2.05) is 0 Å². The predicted octanol–water partition coefficient (Wildman–Crippen LogP) is 0.373. The highest BCUT2D eigenvalue weighted by molar-refractivity contribution is 7.92. The fourth-order valence-electron chi connectivity index (χ4n) is 1.52. The fourth-order valence-corrected chi connectivity index (χ4v) is 2.77. The molecule has 0 aromatic carbocycles. The maximum atomic E-state index is 12.1. The van der Waals surface area contributed by atoms with Gasteiger partial charge in [0.2, 0.25) is 5.03 Å². The van der Waals surface area contributed by atoms with Crippen LogP contribution in [0.1, 0.15) is 11.3 Å². The van der Waals surface area contributed by atoms with Crippen molar-refractivity contribution < 1.29 is 8.42 Å². The summed E-state index contributed by atoms with van der Waals surface area (Å²) in [5, 5.41) is 6.32. The van der Waals surface area contributed by atoms with Crippen LogP contribution >= 0.6 is 0 Å². The lowest BCUT2D eigenvalue weighted by Crippen LogP contribution is -2.16. The van der Waals surface area contributed by atoms with Crippen molar-refractivity contribution >= 4 is 15.7 Å². The molecule has 18 heavy (non-hydrogen) atoms. The smallest absolute Gasteiger partial charge is 0.281 e. The zero-order chi connectivity index (χ0) is 13.2. The van der Waals surface area contributed by atoms with Crippen molar-refractivity contribution in [3.8, 4) is 0 Å². The molecule has 0 unspecified atom stereocenters. The van der Waals surface area contributed by atoms with Crippen LogP contribution in [0.2, 0.25) is 0 Å². The van der Waals surface area contributed by atoms with Crippen LogP contribution in [0.15, 0.2) is 29.6 Å². The molecule has 0 atom stereocenters. The second-order valence-electron chi connectivity index (χ2n) is 3.68. The summed E-state index contributed by atoms with van der Waals surface area (Å²) in [6.07, 6.45) is 2.97. The molecule has 0 amide bonds. The molecule has 0 spiro atoms. The van der Waals surface area contributed by atoms with Crippen LogP contribution in [0.5, 0.6) is 0 Å². The molecule has 0 saturated heterocycles. The van der Waals surface area contributed by atoms with E-state index < -0.39 is 10.0 Å². The normalized spacial score (nSPS) is 11.4. The van der Waals surface area contributed by atoms with Gasteiger partial charge in [-0.05, 0) is 19.1 Å². The maximum Gasteiger partial charge on any atom is 0.281 e. The first kappa shape index (κ1) is 12.5. The first-order chi connectivity index (χ1) is 8.54. The number of nitrogens with two attached hydrogens (primary N) is 1. The lowest BCUT2D eigenvalue weighted by atomic mass is 10.3. The van der Waals surface area contributed by atoms with Crippen molar-refractivity contribution in [3.63, 3.8) is 0 Å². The van der Waals surface area contributed by atoms with Crippen LogP contribution in [-0.4, -0.2) is 23.6 Å². The van der Waals surface area contributed by atoms with Crippen molar-refractivity contribution in [1.29, 1.82) is 0 Å². The van der Waals surface area contributed by atoms with Crippen molar-refractivity contribution in [2.75, 3.05) is 4.72 Å². The van der Waals surface area contributed by atoms with Crippen LogP contribution in [0, 0.1) is 6.92 Å². The molecule has 0 aliphatic rings. The third-order valence-electron chi connectivity index (χ3n) is 2.41. The molecule has 2 aromatic rings. The summed E-state index contributed by atoms with van der Waals surface area (Å²) in [7, 11) is -3.75. The van der Waals surface area contributed by atoms with Gasteiger partial charge >= 0.3 is 0 Å². The highest BCUT2D eigenvalue weighted by atomic mass is 32.2. The Bertz CT molecular complexity index is 636. The Morgan fingerprint density at radius 2 is 2.28 bits per heavy atom. The Hall–Kier alpha value is -1.93. The van der Waals surface area contributed by atoms with Gasteiger partial charge in [-0.1, -0.05) is 0 Å². The Balaban J connectivity index is 2.37. The lowest BCUT2D eigenvalue weighted by molar-refractivity contribution is 0.596. The molecular formula is C10H13N5O2S. The number of anilines is 1. The van der Waals surface area contributed by atoms with E-state index in [9.17, 15) is 8.42 Å². The lowest BCUT2D eigenvalue weighted by Gasteiger charge is -2.06. The zero-order valence-electron chi connectivity index (χ0n) is 9.71. The van der Waals surface area contributed by atoms with Crippen molar-refractivity contribution in [3.05, 3.63) is 35.8 Å². The molecule has 7 nitrogen and oxygen atoms in total. The minimum absolute atomic E-state index is 0.0775. The van der Waals surface area contributed by atoms with E-state index in [-0.39, 0.29) is 11.6 Å². The van der Waals surface area contributed by atoms with Gasteiger partial charge in [0.15, 0.2) is 0 Å². The Morgan fingerprint density at radius 1 is 1.50 bits per heavy atom. The number of sulfonamides is 1. The highest BCUT2D eigenvalue weighted by Gasteiger charge is 2.23. The predicted molar refractivity (Wildman–Crippen MR) is 66.3 cm³/mol. The van der Waals surface area contributed by atoms with Crippen molar-refractivity contribution in [2.45, 2.75) is 18.5 Å². The Labute approximate surface area is 104 Å². The van der Waals surface area contributed by atoms with Gasteiger partial charge in [-0.25, -0.2) is 0 Å². The average molecular weight is 267 g/mol. The average Bonchev–Trinajstić information content (AvgIpc) is 2.72. The van der Waals surface area contributed by atoms with Crippen molar-refractivity contribution in [1.82, 2.24) is 15.2 Å². The molecule has 0 radical (unpaired) electrons. The molecule has 0 saturated carbocycles. The van der Waals surface area contributed by atoms with Gasteiger partial charge in [-0.15, -0.1) is 0 Å². The van der Waals surface area contributed by atoms with Gasteiger partial charge in [-0.3, -0.25) is 14.8 Å². The molecule has 0 aliphatic heterocycles. The quantitative estimate of drug-likeness (QED) is 0.740. The van der Waals surface area contributed by atoms with Crippen LogP contribution < -0.4 is 10.5 Å². The largest absolute Gasteiger partial charge is 0.326 e. The molecule has 96 valence electrons. The third-order valence-corrected chi connectivity index (χ3v) is 3.76. The minimum Gasteiger partial charge on any atom is -0.326 e. The number of aryl methyl sites for hydroxylation is 1. The summed E-state index contributed by atoms with van der Waals surface area (Å²) in [4.78, 5) is 3.83. The molecule has 0 bridgehead atoms. The molecule has 4 N–H and O–H groups in total. The van der Waals surface area contributed by atoms with Gasteiger partial charge in [0.05, 0.1) is 11.9 Å². The molecule has 2 aromatic heterocycles. The number of aromatic amines is 1. The number of pyridine rings is 1. The second-order valence-corrected chi connectivity index (χ2v) is 5.28. The number of nitrogens with zero attached hydrogens (tertiary/aromatic N) is 2. The molecule has 8 heteroatoms. The number of hydrogen-bond donors (Lipinski definition) is 3. The standard InChI is InChI=1S/C10H13N5O2S/c1-7-9(5-11)10(14-13-7)18(16,17)15-8-3-2-4-12-6-8/h2-4,6,15H,5,11H2,1H3,(H,13,14). The second kappa shape index (κ2) is 4.75. The van der Waals surface area contributed by atoms with E-state index in [2.05, 4.69) is 19.9 Å². The fraction of sp³-hybridized carbons (Fsp3) is 0.200. The van der Waals surface area contributed by atoms with Crippen LogP contribution in [0.4, 0.5) is 5.69 Å². The first-order valence-corrected chi connectivity index (χ1v) is 6.69. The molecular weight excluding hydrogens is 254 g/mol. The van der Waals surface area contributed by atoms with Crippen molar-refractivity contribution in [2.24, 2.45) is 5.73 Å². The summed E-state index contributed by atoms with van der Waals surface area (Å²) in [6, 6.07) is 3.24. The molecule has 2 heterocycles.